The quantitative estimate of drug-likeness (QED) is 0.199. The zero-order valence-corrected chi connectivity index (χ0v) is 19.4. The molecule has 1 aromatic heterocycles. The van der Waals surface area contributed by atoms with Crippen LogP contribution in [0.5, 0.6) is 0 Å². The van der Waals surface area contributed by atoms with E-state index in [0.29, 0.717) is 17.5 Å². The third-order valence-corrected chi connectivity index (χ3v) is 5.76. The van der Waals surface area contributed by atoms with E-state index in [1.807, 2.05) is 18.2 Å². The van der Waals surface area contributed by atoms with Crippen molar-refractivity contribution in [2.75, 3.05) is 5.32 Å². The van der Waals surface area contributed by atoms with Gasteiger partial charge in [0.2, 0.25) is 5.89 Å². The molecular weight excluding hydrogens is 452 g/mol. The van der Waals surface area contributed by atoms with Crippen molar-refractivity contribution >= 4 is 45.7 Å². The zero-order chi connectivity index (χ0) is 24.2. The Hall–Kier alpha value is -4.11. The molecule has 1 atom stereocenters. The summed E-state index contributed by atoms with van der Waals surface area (Å²) in [6.07, 6.45) is 1.05. The fraction of sp³-hybridized carbons (Fsp3) is 0.160. The number of benzene rings is 3. The molecule has 2 N–H and O–H groups in total. The summed E-state index contributed by atoms with van der Waals surface area (Å²) in [5, 5.41) is 16.5. The fourth-order valence-corrected chi connectivity index (χ4v) is 3.67. The van der Waals surface area contributed by atoms with E-state index in [-0.39, 0.29) is 16.4 Å². The first-order valence-corrected chi connectivity index (χ1v) is 11.1. The van der Waals surface area contributed by atoms with E-state index in [4.69, 9.17) is 16.6 Å². The Labute approximate surface area is 201 Å². The summed E-state index contributed by atoms with van der Waals surface area (Å²) < 4.78 is 5.91. The monoisotopic (exact) mass is 474 g/mol. The van der Waals surface area contributed by atoms with Crippen LogP contribution < -0.4 is 10.6 Å². The molecule has 4 aromatic rings. The number of para-hydroxylation sites is 1. The van der Waals surface area contributed by atoms with Crippen molar-refractivity contribution in [1.82, 2.24) is 10.3 Å². The number of amides is 1. The second kappa shape index (κ2) is 9.80. The molecule has 9 heteroatoms. The number of fused-ring (bicyclic) bond motifs is 1. The Morgan fingerprint density at radius 1 is 1.15 bits per heavy atom. The number of anilines is 1. The van der Waals surface area contributed by atoms with Gasteiger partial charge in [0, 0.05) is 17.3 Å². The molecule has 0 fully saturated rings. The second-order valence-electron chi connectivity index (χ2n) is 7.82. The number of carbonyl (C=O) groups is 1. The number of aromatic nitrogens is 1. The average Bonchev–Trinajstić information content (AvgIpc) is 3.27. The number of carbonyl (C=O) groups excluding carboxylic acids is 1. The maximum atomic E-state index is 12.4. The van der Waals surface area contributed by atoms with Crippen LogP contribution >= 0.6 is 12.2 Å². The van der Waals surface area contributed by atoms with Gasteiger partial charge in [-0.3, -0.25) is 20.2 Å². The number of thiocarbonyl (C=S) groups is 1. The molecule has 0 unspecified atom stereocenters. The maximum Gasteiger partial charge on any atom is 0.282 e. The molecular formula is C25H22N4O4S. The van der Waals surface area contributed by atoms with Gasteiger partial charge in [0.1, 0.15) is 11.1 Å². The molecule has 1 heterocycles. The summed E-state index contributed by atoms with van der Waals surface area (Å²) in [5.41, 5.74) is 3.83. The SMILES string of the molecule is CC[C@@H](C)c1ccc2oc(-c3ccc(NC(=S)NC(=O)c4ccccc4[N+](=O)[O-])cc3)nc2c1. The highest BCUT2D eigenvalue weighted by Crippen LogP contribution is 2.28. The largest absolute Gasteiger partial charge is 0.436 e. The predicted molar refractivity (Wildman–Crippen MR) is 135 cm³/mol. The van der Waals surface area contributed by atoms with Crippen LogP contribution in [0, 0.1) is 10.1 Å². The molecule has 0 spiro atoms. The number of rotatable bonds is 6. The minimum Gasteiger partial charge on any atom is -0.436 e. The molecule has 4 rings (SSSR count). The summed E-state index contributed by atoms with van der Waals surface area (Å²) in [5.74, 6) is 0.298. The number of nitro groups is 1. The number of hydrogen-bond donors (Lipinski definition) is 2. The average molecular weight is 475 g/mol. The van der Waals surface area contributed by atoms with Gasteiger partial charge in [-0.2, -0.15) is 0 Å². The molecule has 1 amide bonds. The zero-order valence-electron chi connectivity index (χ0n) is 18.6. The summed E-state index contributed by atoms with van der Waals surface area (Å²) >= 11 is 5.19. The van der Waals surface area contributed by atoms with Crippen molar-refractivity contribution in [1.29, 1.82) is 0 Å². The lowest BCUT2D eigenvalue weighted by molar-refractivity contribution is -0.385. The first-order chi connectivity index (χ1) is 16.4. The van der Waals surface area contributed by atoms with Crippen molar-refractivity contribution in [2.24, 2.45) is 0 Å². The number of hydrogen-bond acceptors (Lipinski definition) is 6. The lowest BCUT2D eigenvalue weighted by Crippen LogP contribution is -2.34. The number of nitrogens with one attached hydrogen (secondary N) is 2. The van der Waals surface area contributed by atoms with Crippen LogP contribution in [-0.2, 0) is 0 Å². The Bertz CT molecular complexity index is 1380. The van der Waals surface area contributed by atoms with Crippen LogP contribution in [0.25, 0.3) is 22.6 Å². The maximum absolute atomic E-state index is 12.4. The minimum absolute atomic E-state index is 0.0235. The van der Waals surface area contributed by atoms with Crippen molar-refractivity contribution in [3.8, 4) is 11.5 Å². The van der Waals surface area contributed by atoms with Crippen molar-refractivity contribution in [2.45, 2.75) is 26.2 Å². The van der Waals surface area contributed by atoms with Gasteiger partial charge in [0.25, 0.3) is 11.6 Å². The minimum atomic E-state index is -0.662. The third-order valence-electron chi connectivity index (χ3n) is 5.56. The highest BCUT2D eigenvalue weighted by atomic mass is 32.1. The molecule has 8 nitrogen and oxygen atoms in total. The van der Waals surface area contributed by atoms with E-state index in [0.717, 1.165) is 23.1 Å². The van der Waals surface area contributed by atoms with Gasteiger partial charge in [-0.25, -0.2) is 4.98 Å². The van der Waals surface area contributed by atoms with Gasteiger partial charge in [-0.15, -0.1) is 0 Å². The van der Waals surface area contributed by atoms with E-state index in [1.54, 1.807) is 18.2 Å². The number of nitro benzene ring substituents is 1. The summed E-state index contributed by atoms with van der Waals surface area (Å²) in [6.45, 7) is 4.34. The molecule has 0 saturated heterocycles. The van der Waals surface area contributed by atoms with Gasteiger partial charge in [-0.1, -0.05) is 32.0 Å². The molecule has 0 saturated carbocycles. The summed E-state index contributed by atoms with van der Waals surface area (Å²) in [4.78, 5) is 27.6. The molecule has 34 heavy (non-hydrogen) atoms. The molecule has 172 valence electrons. The molecule has 0 aliphatic carbocycles. The lowest BCUT2D eigenvalue weighted by atomic mass is 9.98. The Morgan fingerprint density at radius 2 is 1.88 bits per heavy atom. The van der Waals surface area contributed by atoms with E-state index >= 15 is 0 Å². The van der Waals surface area contributed by atoms with E-state index in [9.17, 15) is 14.9 Å². The Balaban J connectivity index is 1.44. The van der Waals surface area contributed by atoms with E-state index < -0.39 is 10.8 Å². The first kappa shape index (κ1) is 23.1. The Morgan fingerprint density at radius 3 is 2.59 bits per heavy atom. The molecule has 0 aliphatic rings. The van der Waals surface area contributed by atoms with Gasteiger partial charge >= 0.3 is 0 Å². The van der Waals surface area contributed by atoms with Gasteiger partial charge < -0.3 is 9.73 Å². The van der Waals surface area contributed by atoms with Crippen LogP contribution in [0.1, 0.15) is 42.1 Å². The van der Waals surface area contributed by atoms with Crippen LogP contribution in [0.15, 0.2) is 71.1 Å². The summed E-state index contributed by atoms with van der Waals surface area (Å²) in [6, 6.07) is 19.0. The smallest absolute Gasteiger partial charge is 0.282 e. The van der Waals surface area contributed by atoms with Gasteiger partial charge in [-0.05, 0) is 72.6 Å². The highest BCUT2D eigenvalue weighted by molar-refractivity contribution is 7.80. The van der Waals surface area contributed by atoms with Crippen molar-refractivity contribution in [3.63, 3.8) is 0 Å². The molecule has 0 radical (unpaired) electrons. The number of oxazole rings is 1. The standard InChI is InChI=1S/C25H22N4O4S/c1-3-15(2)17-10-13-22-20(14-17)27-24(33-22)16-8-11-18(12-9-16)26-25(34)28-23(30)19-6-4-5-7-21(19)29(31)32/h4-15H,3H2,1-2H3,(H2,26,28,30,34)/t15-/m1/s1. The van der Waals surface area contributed by atoms with Crippen LogP contribution in [0.2, 0.25) is 0 Å². The third kappa shape index (κ3) is 4.94. The summed E-state index contributed by atoms with van der Waals surface area (Å²) in [7, 11) is 0. The Kier molecular flexibility index (Phi) is 6.65. The first-order valence-electron chi connectivity index (χ1n) is 10.7. The second-order valence-corrected chi connectivity index (χ2v) is 8.22. The molecule has 0 bridgehead atoms. The normalized spacial score (nSPS) is 11.7. The van der Waals surface area contributed by atoms with Gasteiger partial charge in [0.05, 0.1) is 4.92 Å². The fourth-order valence-electron chi connectivity index (χ4n) is 3.46. The van der Waals surface area contributed by atoms with E-state index in [2.05, 4.69) is 41.6 Å². The van der Waals surface area contributed by atoms with Gasteiger partial charge in [0.15, 0.2) is 10.7 Å². The van der Waals surface area contributed by atoms with Crippen LogP contribution in [0.4, 0.5) is 11.4 Å². The van der Waals surface area contributed by atoms with Crippen molar-refractivity contribution < 1.29 is 14.1 Å². The number of nitrogens with zero attached hydrogens (tertiary/aromatic N) is 2. The molecule has 3 aromatic carbocycles. The van der Waals surface area contributed by atoms with Crippen molar-refractivity contribution in [3.05, 3.63) is 88.0 Å². The molecule has 0 aliphatic heterocycles. The van der Waals surface area contributed by atoms with Crippen LogP contribution in [0.3, 0.4) is 0 Å². The topological polar surface area (TPSA) is 110 Å². The van der Waals surface area contributed by atoms with E-state index in [1.165, 1.54) is 23.8 Å². The predicted octanol–water partition coefficient (Wildman–Crippen LogP) is 6.04. The lowest BCUT2D eigenvalue weighted by Gasteiger charge is -2.10. The highest BCUT2D eigenvalue weighted by Gasteiger charge is 2.20. The van der Waals surface area contributed by atoms with Crippen LogP contribution in [-0.4, -0.2) is 20.9 Å².